The Balaban J connectivity index is 1.37. The zero-order chi connectivity index (χ0) is 23.3. The van der Waals surface area contributed by atoms with Crippen LogP contribution in [0.4, 0.5) is 22.0 Å². The van der Waals surface area contributed by atoms with Crippen LogP contribution in [0.15, 0.2) is 59.8 Å². The van der Waals surface area contributed by atoms with Gasteiger partial charge < -0.3 is 15.8 Å². The van der Waals surface area contributed by atoms with Gasteiger partial charge in [0, 0.05) is 17.9 Å². The molecule has 0 unspecified atom stereocenters. The summed E-state index contributed by atoms with van der Waals surface area (Å²) >= 11 is 1.45. The number of nitrogens with two attached hydrogens (primary N) is 1. The Kier molecular flexibility index (Phi) is 6.63. The van der Waals surface area contributed by atoms with Gasteiger partial charge in [-0.2, -0.15) is 15.0 Å². The Morgan fingerprint density at radius 3 is 2.65 bits per heavy atom. The highest BCUT2D eigenvalue weighted by Crippen LogP contribution is 2.28. The van der Waals surface area contributed by atoms with E-state index >= 15 is 0 Å². The summed E-state index contributed by atoms with van der Waals surface area (Å²) in [6.45, 7) is 1.37. The molecule has 1 atom stereocenters. The second-order valence-corrected chi connectivity index (χ2v) is 8.71. The molecule has 1 aliphatic heterocycles. The molecule has 2 aromatic heterocycles. The largest absolute Gasteiger partial charge is 0.376 e. The Morgan fingerprint density at radius 1 is 1.06 bits per heavy atom. The zero-order valence-electron chi connectivity index (χ0n) is 18.3. The molecule has 0 bridgehead atoms. The number of benzene rings is 2. The topological polar surface area (TPSA) is 117 Å². The first kappa shape index (κ1) is 22.2. The summed E-state index contributed by atoms with van der Waals surface area (Å²) in [5.41, 5.74) is 7.56. The van der Waals surface area contributed by atoms with E-state index in [1.807, 2.05) is 34.9 Å². The van der Waals surface area contributed by atoms with E-state index in [1.165, 1.54) is 23.9 Å². The van der Waals surface area contributed by atoms with Crippen LogP contribution < -0.4 is 11.1 Å². The summed E-state index contributed by atoms with van der Waals surface area (Å²) in [5.74, 6) is 1.82. The average molecular weight is 479 g/mol. The molecule has 0 saturated carbocycles. The van der Waals surface area contributed by atoms with Gasteiger partial charge in [-0.25, -0.2) is 4.39 Å². The number of thioether (sulfide) groups is 1. The lowest BCUT2D eigenvalue weighted by atomic mass is 10.2. The first-order valence-electron chi connectivity index (χ1n) is 10.9. The molecule has 3 heterocycles. The number of anilines is 3. The SMILES string of the molecule is Nc1nc(CSc2nnc(-c3ccc(F)cc3)n2C[C@@H]2CCCO2)nc(Nc2ccccc2)n1. The predicted octanol–water partition coefficient (Wildman–Crippen LogP) is 4.07. The molecule has 11 heteroatoms. The summed E-state index contributed by atoms with van der Waals surface area (Å²) in [5, 5.41) is 12.6. The second kappa shape index (κ2) is 10.1. The fourth-order valence-corrected chi connectivity index (χ4v) is 4.51. The van der Waals surface area contributed by atoms with Gasteiger partial charge in [0.25, 0.3) is 0 Å². The molecule has 1 aliphatic rings. The number of nitrogen functional groups attached to an aromatic ring is 1. The van der Waals surface area contributed by atoms with Crippen LogP contribution in [0.2, 0.25) is 0 Å². The fourth-order valence-electron chi connectivity index (χ4n) is 3.70. The third kappa shape index (κ3) is 5.32. The monoisotopic (exact) mass is 478 g/mol. The standard InChI is InChI=1S/C23H23FN8OS/c24-16-10-8-15(9-11-16)20-30-31-23(32(20)13-18-7-4-12-33-18)34-14-19-27-21(25)29-22(28-19)26-17-5-2-1-3-6-17/h1-3,5-6,8-11,18H,4,7,12-14H2,(H3,25,26,27,28,29)/t18-/m0/s1. The lowest BCUT2D eigenvalue weighted by Gasteiger charge is -2.14. The van der Waals surface area contributed by atoms with E-state index in [0.29, 0.717) is 35.1 Å². The van der Waals surface area contributed by atoms with Crippen LogP contribution in [-0.2, 0) is 17.0 Å². The van der Waals surface area contributed by atoms with Crippen molar-refractivity contribution in [2.75, 3.05) is 17.7 Å². The van der Waals surface area contributed by atoms with Crippen molar-refractivity contribution >= 4 is 29.3 Å². The van der Waals surface area contributed by atoms with Crippen molar-refractivity contribution < 1.29 is 9.13 Å². The van der Waals surface area contributed by atoms with Gasteiger partial charge in [0.05, 0.1) is 18.4 Å². The third-order valence-electron chi connectivity index (χ3n) is 5.29. The molecule has 0 aliphatic carbocycles. The quantitative estimate of drug-likeness (QED) is 0.361. The van der Waals surface area contributed by atoms with Gasteiger partial charge in [-0.1, -0.05) is 30.0 Å². The van der Waals surface area contributed by atoms with Gasteiger partial charge in [-0.15, -0.1) is 10.2 Å². The van der Waals surface area contributed by atoms with E-state index in [4.69, 9.17) is 10.5 Å². The van der Waals surface area contributed by atoms with E-state index in [-0.39, 0.29) is 17.9 Å². The van der Waals surface area contributed by atoms with Crippen LogP contribution >= 0.6 is 11.8 Å². The number of nitrogens with one attached hydrogen (secondary N) is 1. The van der Waals surface area contributed by atoms with Crippen LogP contribution in [-0.4, -0.2) is 42.4 Å². The maximum absolute atomic E-state index is 13.4. The Hall–Kier alpha value is -3.57. The van der Waals surface area contributed by atoms with E-state index in [1.54, 1.807) is 12.1 Å². The maximum Gasteiger partial charge on any atom is 0.232 e. The van der Waals surface area contributed by atoms with Crippen LogP contribution in [0.1, 0.15) is 18.7 Å². The molecule has 9 nitrogen and oxygen atoms in total. The number of hydrogen-bond donors (Lipinski definition) is 2. The van der Waals surface area contributed by atoms with E-state index in [0.717, 1.165) is 30.7 Å². The van der Waals surface area contributed by atoms with Crippen LogP contribution in [0, 0.1) is 5.82 Å². The summed E-state index contributed by atoms with van der Waals surface area (Å²) in [6.07, 6.45) is 2.09. The second-order valence-electron chi connectivity index (χ2n) is 7.77. The number of halogens is 1. The molecular formula is C23H23FN8OS. The van der Waals surface area contributed by atoms with Crippen molar-refractivity contribution in [3.8, 4) is 11.4 Å². The highest BCUT2D eigenvalue weighted by molar-refractivity contribution is 7.98. The van der Waals surface area contributed by atoms with Crippen molar-refractivity contribution in [2.24, 2.45) is 0 Å². The Labute approximate surface area is 200 Å². The first-order chi connectivity index (χ1) is 16.6. The van der Waals surface area contributed by atoms with Gasteiger partial charge in [0.2, 0.25) is 11.9 Å². The molecule has 0 radical (unpaired) electrons. The summed E-state index contributed by atoms with van der Waals surface area (Å²) < 4.78 is 21.3. The molecule has 1 saturated heterocycles. The number of rotatable bonds is 8. The van der Waals surface area contributed by atoms with Crippen molar-refractivity contribution in [1.29, 1.82) is 0 Å². The number of hydrogen-bond acceptors (Lipinski definition) is 9. The van der Waals surface area contributed by atoms with E-state index in [2.05, 4.69) is 30.5 Å². The van der Waals surface area contributed by atoms with Crippen LogP contribution in [0.5, 0.6) is 0 Å². The minimum absolute atomic E-state index is 0.0871. The summed E-state index contributed by atoms with van der Waals surface area (Å²) in [7, 11) is 0. The van der Waals surface area contributed by atoms with Gasteiger partial charge in [-0.05, 0) is 49.2 Å². The first-order valence-corrected chi connectivity index (χ1v) is 11.9. The number of ether oxygens (including phenoxy) is 1. The van der Waals surface area contributed by atoms with Gasteiger partial charge in [0.15, 0.2) is 11.0 Å². The molecule has 0 amide bonds. The molecule has 3 N–H and O–H groups in total. The van der Waals surface area contributed by atoms with Crippen molar-refractivity contribution in [2.45, 2.75) is 36.4 Å². The molecule has 5 rings (SSSR count). The van der Waals surface area contributed by atoms with E-state index in [9.17, 15) is 4.39 Å². The van der Waals surface area contributed by atoms with Crippen LogP contribution in [0.25, 0.3) is 11.4 Å². The third-order valence-corrected chi connectivity index (χ3v) is 6.25. The van der Waals surface area contributed by atoms with Crippen LogP contribution in [0.3, 0.4) is 0 Å². The molecule has 2 aromatic carbocycles. The van der Waals surface area contributed by atoms with Gasteiger partial charge >= 0.3 is 0 Å². The highest BCUT2D eigenvalue weighted by Gasteiger charge is 2.22. The zero-order valence-corrected chi connectivity index (χ0v) is 19.1. The fraction of sp³-hybridized carbons (Fsp3) is 0.261. The lowest BCUT2D eigenvalue weighted by Crippen LogP contribution is -2.16. The number of para-hydroxylation sites is 1. The summed E-state index contributed by atoms with van der Waals surface area (Å²) in [4.78, 5) is 12.9. The smallest absolute Gasteiger partial charge is 0.232 e. The number of aromatic nitrogens is 6. The molecule has 34 heavy (non-hydrogen) atoms. The predicted molar refractivity (Wildman–Crippen MR) is 128 cm³/mol. The molecule has 0 spiro atoms. The van der Waals surface area contributed by atoms with Crippen molar-refractivity contribution in [1.82, 2.24) is 29.7 Å². The maximum atomic E-state index is 13.4. The van der Waals surface area contributed by atoms with Gasteiger partial charge in [0.1, 0.15) is 11.6 Å². The van der Waals surface area contributed by atoms with Gasteiger partial charge in [-0.3, -0.25) is 4.57 Å². The minimum atomic E-state index is -0.295. The van der Waals surface area contributed by atoms with E-state index < -0.39 is 0 Å². The lowest BCUT2D eigenvalue weighted by molar-refractivity contribution is 0.0953. The molecule has 4 aromatic rings. The molecule has 1 fully saturated rings. The van der Waals surface area contributed by atoms with Crippen molar-refractivity contribution in [3.63, 3.8) is 0 Å². The highest BCUT2D eigenvalue weighted by atomic mass is 32.2. The Bertz CT molecular complexity index is 1250. The number of nitrogens with zero attached hydrogens (tertiary/aromatic N) is 6. The average Bonchev–Trinajstić information content (AvgIpc) is 3.49. The Morgan fingerprint density at radius 2 is 1.88 bits per heavy atom. The molecule has 174 valence electrons. The molecular weight excluding hydrogens is 455 g/mol. The minimum Gasteiger partial charge on any atom is -0.376 e. The normalized spacial score (nSPS) is 15.5. The van der Waals surface area contributed by atoms with Crippen molar-refractivity contribution in [3.05, 3.63) is 66.2 Å². The summed E-state index contributed by atoms with van der Waals surface area (Å²) in [6, 6.07) is 15.8.